The second-order valence-electron chi connectivity index (χ2n) is 8.46. The number of benzene rings is 1. The van der Waals surface area contributed by atoms with E-state index in [1.165, 1.54) is 6.07 Å². The van der Waals surface area contributed by atoms with Crippen LogP contribution in [-0.2, 0) is 25.5 Å². The smallest absolute Gasteiger partial charge is 0.342 e. The molecule has 0 bridgehead atoms. The number of rotatable bonds is 3. The number of morpholine rings is 1. The van der Waals surface area contributed by atoms with Gasteiger partial charge in [-0.15, -0.1) is 0 Å². The maximum absolute atomic E-state index is 12.6. The lowest BCUT2D eigenvalue weighted by Crippen LogP contribution is -2.49. The molecule has 0 radical (unpaired) electrons. The number of carbonyl (C=O) groups is 2. The van der Waals surface area contributed by atoms with Crippen molar-refractivity contribution in [2.75, 3.05) is 26.3 Å². The first-order chi connectivity index (χ1) is 16.3. The zero-order chi connectivity index (χ0) is 24.5. The lowest BCUT2D eigenvalue weighted by atomic mass is 10.00. The highest BCUT2D eigenvalue weighted by Crippen LogP contribution is 2.29. The zero-order valence-electron chi connectivity index (χ0n) is 19.6. The van der Waals surface area contributed by atoms with E-state index in [2.05, 4.69) is 5.16 Å². The molecule has 2 aliphatic rings. The van der Waals surface area contributed by atoms with Crippen LogP contribution in [0.2, 0.25) is 0 Å². The summed E-state index contributed by atoms with van der Waals surface area (Å²) in [4.78, 5) is 32.2. The Kier molecular flexibility index (Phi) is 9.09. The summed E-state index contributed by atoms with van der Waals surface area (Å²) >= 11 is 0. The summed E-state index contributed by atoms with van der Waals surface area (Å²) in [7, 11) is 0. The van der Waals surface area contributed by atoms with Crippen molar-refractivity contribution in [3.05, 3.63) is 47.6 Å². The first kappa shape index (κ1) is 25.3. The molecule has 1 aromatic rings. The predicted molar refractivity (Wildman–Crippen MR) is 126 cm³/mol. The van der Waals surface area contributed by atoms with Gasteiger partial charge in [-0.3, -0.25) is 4.79 Å². The number of oxime groups is 1. The third-order valence-electron chi connectivity index (χ3n) is 5.40. The molecule has 0 aromatic heterocycles. The Balaban J connectivity index is 1.79. The van der Waals surface area contributed by atoms with E-state index in [1.807, 2.05) is 32.1 Å². The van der Waals surface area contributed by atoms with Gasteiger partial charge < -0.3 is 29.4 Å². The third-order valence-corrected chi connectivity index (χ3v) is 5.40. The van der Waals surface area contributed by atoms with Crippen LogP contribution in [0.25, 0.3) is 0 Å². The highest BCUT2D eigenvalue weighted by molar-refractivity contribution is 6.00. The molecular formula is C25H32N2O7. The van der Waals surface area contributed by atoms with Crippen LogP contribution in [0, 0.1) is 0 Å². The van der Waals surface area contributed by atoms with Gasteiger partial charge in [-0.25, -0.2) is 4.79 Å². The number of nitrogens with zero attached hydrogens (tertiary/aromatic N) is 2. The summed E-state index contributed by atoms with van der Waals surface area (Å²) in [6.45, 7) is 4.75. The molecule has 2 unspecified atom stereocenters. The Morgan fingerprint density at radius 2 is 1.82 bits per heavy atom. The second kappa shape index (κ2) is 12.2. The number of hydrogen-bond donors (Lipinski definition) is 2. The maximum Gasteiger partial charge on any atom is 0.342 e. The molecule has 0 saturated carbocycles. The van der Waals surface area contributed by atoms with Crippen molar-refractivity contribution < 1.29 is 34.1 Å². The second-order valence-corrected chi connectivity index (χ2v) is 8.46. The Morgan fingerprint density at radius 3 is 2.59 bits per heavy atom. The van der Waals surface area contributed by atoms with Crippen molar-refractivity contribution >= 4 is 17.6 Å². The van der Waals surface area contributed by atoms with Gasteiger partial charge in [-0.2, -0.15) is 0 Å². The lowest BCUT2D eigenvalue weighted by molar-refractivity contribution is -0.147. The van der Waals surface area contributed by atoms with E-state index >= 15 is 0 Å². The number of aromatic hydroxyl groups is 2. The van der Waals surface area contributed by atoms with Crippen LogP contribution >= 0.6 is 0 Å². The van der Waals surface area contributed by atoms with Crippen LogP contribution in [0.5, 0.6) is 11.5 Å². The monoisotopic (exact) mass is 472 g/mol. The molecule has 9 nitrogen and oxygen atoms in total. The van der Waals surface area contributed by atoms with Crippen molar-refractivity contribution in [2.24, 2.45) is 5.16 Å². The molecule has 1 aromatic carbocycles. The molecule has 2 heterocycles. The van der Waals surface area contributed by atoms with E-state index in [-0.39, 0.29) is 54.8 Å². The van der Waals surface area contributed by atoms with Gasteiger partial charge in [0.2, 0.25) is 0 Å². The van der Waals surface area contributed by atoms with Gasteiger partial charge in [-0.05, 0) is 50.8 Å². The molecule has 184 valence electrons. The molecule has 34 heavy (non-hydrogen) atoms. The van der Waals surface area contributed by atoms with Crippen LogP contribution in [-0.4, -0.2) is 71.2 Å². The lowest BCUT2D eigenvalue weighted by Gasteiger charge is -2.35. The molecule has 1 saturated heterocycles. The third kappa shape index (κ3) is 7.34. The Bertz CT molecular complexity index is 960. The average Bonchev–Trinajstić information content (AvgIpc) is 2.76. The first-order valence-electron chi connectivity index (χ1n) is 11.5. The first-order valence-corrected chi connectivity index (χ1v) is 11.5. The number of allylic oxidation sites excluding steroid dienone is 3. The topological polar surface area (TPSA) is 118 Å². The number of cyclic esters (lactones) is 1. The Morgan fingerprint density at radius 1 is 1.12 bits per heavy atom. The molecule has 2 atom stereocenters. The van der Waals surface area contributed by atoms with Gasteiger partial charge in [0.05, 0.1) is 24.5 Å². The summed E-state index contributed by atoms with van der Waals surface area (Å²) in [6, 6.07) is 2.47. The van der Waals surface area contributed by atoms with Crippen LogP contribution in [0.4, 0.5) is 0 Å². The summed E-state index contributed by atoms with van der Waals surface area (Å²) in [5.41, 5.74) is 0.730. The molecule has 2 N–H and O–H groups in total. The van der Waals surface area contributed by atoms with Crippen molar-refractivity contribution in [1.82, 2.24) is 4.90 Å². The van der Waals surface area contributed by atoms with Crippen LogP contribution in [0.15, 0.2) is 41.6 Å². The maximum atomic E-state index is 12.6. The molecule has 0 spiro atoms. The molecule has 1 fully saturated rings. The number of carbonyl (C=O) groups excluding carboxylic acids is 2. The van der Waals surface area contributed by atoms with E-state index in [1.54, 1.807) is 11.0 Å². The molecule has 1 amide bonds. The van der Waals surface area contributed by atoms with E-state index in [4.69, 9.17) is 14.3 Å². The minimum absolute atomic E-state index is 0.0349. The van der Waals surface area contributed by atoms with Gasteiger partial charge in [0.15, 0.2) is 6.61 Å². The number of esters is 1. The fourth-order valence-electron chi connectivity index (χ4n) is 3.94. The minimum Gasteiger partial charge on any atom is -0.508 e. The summed E-state index contributed by atoms with van der Waals surface area (Å²) in [5, 5.41) is 24.4. The average molecular weight is 473 g/mol. The molecule has 0 aliphatic carbocycles. The van der Waals surface area contributed by atoms with Crippen molar-refractivity contribution in [3.63, 3.8) is 0 Å². The quantitative estimate of drug-likeness (QED) is 0.394. The number of phenols is 2. The summed E-state index contributed by atoms with van der Waals surface area (Å²) in [6.07, 6.45) is 9.73. The van der Waals surface area contributed by atoms with Crippen molar-refractivity contribution in [1.29, 1.82) is 0 Å². The molecule has 2 aliphatic heterocycles. The van der Waals surface area contributed by atoms with Crippen LogP contribution in [0.3, 0.4) is 0 Å². The standard InChI is InChI=1S/C25H32N2O7/c1-17-14-27(15-18(2)34-17)23(30)16-33-26-20-9-7-5-3-4-6-8-10-32-25(31)24-19(11-20)12-21(28)13-22(24)29/h4,6-7,9,12-13,17-18,28-29H,3,5,8,10-11,14-16H2,1-2H3. The number of phenolic OH excluding ortho intramolecular Hbond substituents is 2. The number of hydrogen-bond acceptors (Lipinski definition) is 8. The normalized spacial score (nSPS) is 23.2. The fraction of sp³-hybridized carbons (Fsp3) is 0.480. The number of ether oxygens (including phenoxy) is 2. The predicted octanol–water partition coefficient (Wildman–Crippen LogP) is 3.10. The van der Waals surface area contributed by atoms with Gasteiger partial charge in [0.1, 0.15) is 17.1 Å². The van der Waals surface area contributed by atoms with E-state index in [9.17, 15) is 19.8 Å². The molecule has 9 heteroatoms. The SMILES string of the molecule is CC1CN(C(=O)CON=C2C=CCCC=CCCOC(=O)c3c(O)cc(O)cc3C2)CC(C)O1. The number of fused-ring (bicyclic) bond motifs is 1. The van der Waals surface area contributed by atoms with Gasteiger partial charge in [-0.1, -0.05) is 23.4 Å². The fourth-order valence-corrected chi connectivity index (χ4v) is 3.94. The summed E-state index contributed by atoms with van der Waals surface area (Å²) in [5.74, 6) is -1.45. The van der Waals surface area contributed by atoms with E-state index < -0.39 is 5.97 Å². The largest absolute Gasteiger partial charge is 0.508 e. The van der Waals surface area contributed by atoms with Crippen molar-refractivity contribution in [2.45, 2.75) is 51.7 Å². The van der Waals surface area contributed by atoms with Gasteiger partial charge in [0.25, 0.3) is 5.91 Å². The van der Waals surface area contributed by atoms with Crippen LogP contribution in [0.1, 0.15) is 49.0 Å². The molecular weight excluding hydrogens is 440 g/mol. The van der Waals surface area contributed by atoms with Gasteiger partial charge >= 0.3 is 5.97 Å². The summed E-state index contributed by atoms with van der Waals surface area (Å²) < 4.78 is 10.9. The van der Waals surface area contributed by atoms with Crippen LogP contribution < -0.4 is 0 Å². The number of amides is 1. The minimum atomic E-state index is -0.687. The van der Waals surface area contributed by atoms with Gasteiger partial charge in [0, 0.05) is 25.6 Å². The highest BCUT2D eigenvalue weighted by Gasteiger charge is 2.26. The highest BCUT2D eigenvalue weighted by atomic mass is 16.6. The van der Waals surface area contributed by atoms with E-state index in [0.29, 0.717) is 30.8 Å². The Labute approximate surface area is 199 Å². The van der Waals surface area contributed by atoms with E-state index in [0.717, 1.165) is 18.9 Å². The molecule has 3 rings (SSSR count). The zero-order valence-corrected chi connectivity index (χ0v) is 19.6. The Hall–Kier alpha value is -3.33. The van der Waals surface area contributed by atoms with Crippen molar-refractivity contribution in [3.8, 4) is 11.5 Å².